The molecule has 0 radical (unpaired) electrons. The van der Waals surface area contributed by atoms with Gasteiger partial charge in [-0.15, -0.1) is 0 Å². The Hall–Kier alpha value is -1.26. The number of guanidine groups is 2. The molecule has 0 aromatic carbocycles. The van der Waals surface area contributed by atoms with Crippen molar-refractivity contribution in [3.8, 4) is 0 Å². The van der Waals surface area contributed by atoms with Crippen LogP contribution < -0.4 is 11.1 Å². The Kier molecular flexibility index (Phi) is 6.94. The van der Waals surface area contributed by atoms with E-state index in [0.29, 0.717) is 22.7 Å². The van der Waals surface area contributed by atoms with E-state index in [2.05, 4.69) is 39.9 Å². The Morgan fingerprint density at radius 3 is 2.39 bits per heavy atom. The van der Waals surface area contributed by atoms with Crippen LogP contribution in [0.5, 0.6) is 0 Å². The summed E-state index contributed by atoms with van der Waals surface area (Å²) < 4.78 is 0. The normalized spacial score (nSPS) is 44.7. The fraction of sp³-hybridized carbons (Fsp3) is 0.935. The topological polar surface area (TPSA) is 66.0 Å². The van der Waals surface area contributed by atoms with Crippen LogP contribution in [-0.2, 0) is 0 Å². The van der Waals surface area contributed by atoms with Gasteiger partial charge in [0.25, 0.3) is 0 Å². The van der Waals surface area contributed by atoms with Crippen LogP contribution in [0, 0.1) is 52.3 Å². The minimum Gasteiger partial charge on any atom is -0.370 e. The van der Waals surface area contributed by atoms with Crippen molar-refractivity contribution in [1.29, 1.82) is 0 Å². The van der Waals surface area contributed by atoms with Gasteiger partial charge in [-0.3, -0.25) is 5.32 Å². The quantitative estimate of drug-likeness (QED) is 0.447. The molecule has 5 rings (SSSR count). The highest BCUT2D eigenvalue weighted by Gasteiger charge is 2.62. The Morgan fingerprint density at radius 1 is 0.917 bits per heavy atom. The molecule has 5 nitrogen and oxygen atoms in total. The lowest BCUT2D eigenvalue weighted by Crippen LogP contribution is -2.58. The van der Waals surface area contributed by atoms with E-state index in [4.69, 9.17) is 15.7 Å². The number of nitrogens with two attached hydrogens (primary N) is 1. The number of fused-ring (bicyclic) bond motifs is 5. The van der Waals surface area contributed by atoms with Gasteiger partial charge in [-0.25, -0.2) is 9.98 Å². The molecule has 4 saturated carbocycles. The van der Waals surface area contributed by atoms with E-state index in [9.17, 15) is 0 Å². The highest BCUT2D eigenvalue weighted by atomic mass is 15.4. The molecule has 5 heteroatoms. The van der Waals surface area contributed by atoms with Gasteiger partial charge in [0.1, 0.15) is 0 Å². The smallest absolute Gasteiger partial charge is 0.202 e. The minimum atomic E-state index is -0.348. The fourth-order valence-corrected chi connectivity index (χ4v) is 10.3. The molecule has 6 unspecified atom stereocenters. The van der Waals surface area contributed by atoms with E-state index >= 15 is 0 Å². The number of nitrogens with zero attached hydrogens (tertiary/aromatic N) is 3. The molecule has 1 heterocycles. The van der Waals surface area contributed by atoms with Crippen LogP contribution in [0.25, 0.3) is 0 Å². The van der Waals surface area contributed by atoms with Gasteiger partial charge >= 0.3 is 0 Å². The monoisotopic (exact) mass is 497 g/mol. The molecule has 1 spiro atoms. The third-order valence-corrected chi connectivity index (χ3v) is 12.2. The summed E-state index contributed by atoms with van der Waals surface area (Å²) in [6.45, 7) is 12.7. The second-order valence-corrected chi connectivity index (χ2v) is 14.8. The molecule has 0 aromatic heterocycles. The average molecular weight is 498 g/mol. The summed E-state index contributed by atoms with van der Waals surface area (Å²) in [6, 6.07) is 0. The summed E-state index contributed by atoms with van der Waals surface area (Å²) in [5, 5.41) is 3.18. The van der Waals surface area contributed by atoms with E-state index < -0.39 is 0 Å². The Labute approximate surface area is 221 Å². The average Bonchev–Trinajstić information content (AvgIpc) is 3.16. The van der Waals surface area contributed by atoms with E-state index in [-0.39, 0.29) is 5.66 Å². The van der Waals surface area contributed by atoms with Gasteiger partial charge in [-0.2, -0.15) is 0 Å². The van der Waals surface area contributed by atoms with Crippen molar-refractivity contribution >= 4 is 11.9 Å². The zero-order chi connectivity index (χ0) is 25.9. The molecule has 1 aliphatic heterocycles. The maximum Gasteiger partial charge on any atom is 0.202 e. The maximum absolute atomic E-state index is 6.26. The predicted octanol–water partition coefficient (Wildman–Crippen LogP) is 6.64. The number of aliphatic imine (C=N–C) groups is 2. The Bertz CT molecular complexity index is 878. The predicted molar refractivity (Wildman–Crippen MR) is 152 cm³/mol. The number of hydrogen-bond acceptors (Lipinski definition) is 5. The van der Waals surface area contributed by atoms with Crippen LogP contribution in [0.4, 0.5) is 0 Å². The molecule has 204 valence electrons. The van der Waals surface area contributed by atoms with E-state index in [1.165, 1.54) is 64.2 Å². The second kappa shape index (κ2) is 9.49. The molecule has 36 heavy (non-hydrogen) atoms. The van der Waals surface area contributed by atoms with Gasteiger partial charge in [0, 0.05) is 14.1 Å². The highest BCUT2D eigenvalue weighted by molar-refractivity contribution is 5.99. The first-order chi connectivity index (χ1) is 17.0. The summed E-state index contributed by atoms with van der Waals surface area (Å²) in [6.07, 6.45) is 16.3. The SMILES string of the molecule is CC(C)CCCC(C)[C@H]1CCC2C3CCC4CC5(CC[C@]4(C)C3CC[C@@]21C)N=C(N)NC(N(C)C)=N5. The molecule has 3 N–H and O–H groups in total. The summed E-state index contributed by atoms with van der Waals surface area (Å²) in [5.41, 5.74) is 6.94. The molecule has 0 saturated heterocycles. The molecule has 4 aliphatic carbocycles. The zero-order valence-corrected chi connectivity index (χ0v) is 24.4. The van der Waals surface area contributed by atoms with Gasteiger partial charge in [-0.1, -0.05) is 53.9 Å². The minimum absolute atomic E-state index is 0.348. The number of nitrogens with one attached hydrogen (secondary N) is 1. The van der Waals surface area contributed by atoms with Crippen LogP contribution in [0.3, 0.4) is 0 Å². The number of hydrogen-bond donors (Lipinski definition) is 2. The molecular weight excluding hydrogens is 442 g/mol. The van der Waals surface area contributed by atoms with Gasteiger partial charge in [0.2, 0.25) is 5.96 Å². The lowest BCUT2D eigenvalue weighted by atomic mass is 9.44. The lowest BCUT2D eigenvalue weighted by Gasteiger charge is -2.62. The first-order valence-electron chi connectivity index (χ1n) is 15.4. The maximum atomic E-state index is 6.26. The van der Waals surface area contributed by atoms with E-state index in [0.717, 1.165) is 54.3 Å². The van der Waals surface area contributed by atoms with Crippen molar-refractivity contribution in [3.05, 3.63) is 0 Å². The van der Waals surface area contributed by atoms with Gasteiger partial charge in [-0.05, 0) is 110 Å². The third-order valence-electron chi connectivity index (χ3n) is 12.2. The summed E-state index contributed by atoms with van der Waals surface area (Å²) >= 11 is 0. The van der Waals surface area contributed by atoms with Gasteiger partial charge < -0.3 is 10.6 Å². The van der Waals surface area contributed by atoms with Crippen LogP contribution in [0.1, 0.15) is 112 Å². The molecule has 0 bridgehead atoms. The fourth-order valence-electron chi connectivity index (χ4n) is 10.3. The molecule has 0 aromatic rings. The van der Waals surface area contributed by atoms with Crippen LogP contribution in [0.15, 0.2) is 9.98 Å². The van der Waals surface area contributed by atoms with Crippen molar-refractivity contribution in [1.82, 2.24) is 10.2 Å². The summed E-state index contributed by atoms with van der Waals surface area (Å²) in [5.74, 6) is 7.59. The summed E-state index contributed by atoms with van der Waals surface area (Å²) in [7, 11) is 4.07. The van der Waals surface area contributed by atoms with Gasteiger partial charge in [0.15, 0.2) is 11.6 Å². The van der Waals surface area contributed by atoms with Crippen LogP contribution in [0.2, 0.25) is 0 Å². The van der Waals surface area contributed by atoms with Crippen molar-refractivity contribution in [2.24, 2.45) is 68.0 Å². The molecule has 0 amide bonds. The number of rotatable bonds is 5. The summed E-state index contributed by atoms with van der Waals surface area (Å²) in [4.78, 5) is 12.1. The van der Waals surface area contributed by atoms with Crippen molar-refractivity contribution in [2.75, 3.05) is 14.1 Å². The molecule has 5 aliphatic rings. The van der Waals surface area contributed by atoms with Crippen LogP contribution in [-0.4, -0.2) is 36.6 Å². The van der Waals surface area contributed by atoms with Gasteiger partial charge in [0.05, 0.1) is 0 Å². The molecular formula is C31H55N5. The van der Waals surface area contributed by atoms with Crippen molar-refractivity contribution in [2.45, 2.75) is 117 Å². The lowest BCUT2D eigenvalue weighted by molar-refractivity contribution is -0.123. The third kappa shape index (κ3) is 4.38. The Balaban J connectivity index is 1.30. The zero-order valence-electron chi connectivity index (χ0n) is 24.4. The van der Waals surface area contributed by atoms with E-state index in [1.807, 2.05) is 19.0 Å². The second-order valence-electron chi connectivity index (χ2n) is 14.8. The van der Waals surface area contributed by atoms with Crippen LogP contribution >= 0.6 is 0 Å². The highest BCUT2D eigenvalue weighted by Crippen LogP contribution is 2.69. The molecule has 4 fully saturated rings. The van der Waals surface area contributed by atoms with Crippen molar-refractivity contribution < 1.29 is 0 Å². The standard InChI is InChI=1S/C31H55N5/c1-20(2)9-8-10-21(3)24-13-14-25-23-12-11-22-19-31(34-27(32)33-28(35-31)36(6)7)18-17-29(22,4)26(23)15-16-30(24,25)5/h20-26H,8-19H2,1-7H3,(H3,32,33,34,35)/t21?,22?,23?,24-,25?,26?,29+,30-,31?/m1/s1. The van der Waals surface area contributed by atoms with Crippen molar-refractivity contribution in [3.63, 3.8) is 0 Å². The first-order valence-corrected chi connectivity index (χ1v) is 15.4. The first kappa shape index (κ1) is 26.4. The largest absolute Gasteiger partial charge is 0.370 e. The van der Waals surface area contributed by atoms with E-state index in [1.54, 1.807) is 0 Å². The molecule has 9 atom stereocenters. The Morgan fingerprint density at radius 2 is 1.67 bits per heavy atom.